The van der Waals surface area contributed by atoms with Gasteiger partial charge in [-0.3, -0.25) is 0 Å². The van der Waals surface area contributed by atoms with Crippen LogP contribution >= 0.6 is 15.9 Å². The lowest BCUT2D eigenvalue weighted by molar-refractivity contribution is 0.191. The van der Waals surface area contributed by atoms with Gasteiger partial charge in [0.15, 0.2) is 0 Å². The van der Waals surface area contributed by atoms with Crippen LogP contribution in [-0.4, -0.2) is 19.8 Å². The van der Waals surface area contributed by atoms with E-state index >= 15 is 0 Å². The molecule has 1 aromatic carbocycles. The lowest BCUT2D eigenvalue weighted by Gasteiger charge is -2.08. The van der Waals surface area contributed by atoms with Crippen LogP contribution in [0.3, 0.4) is 0 Å². The number of ether oxygens (including phenoxy) is 3. The minimum Gasteiger partial charge on any atom is -0.499 e. The maximum absolute atomic E-state index is 5.65. The molecule has 0 aliphatic rings. The molecule has 0 aliphatic carbocycles. The first-order valence-corrected chi connectivity index (χ1v) is 8.10. The number of halogens is 1. The van der Waals surface area contributed by atoms with Crippen LogP contribution in [0.2, 0.25) is 0 Å². The highest BCUT2D eigenvalue weighted by Crippen LogP contribution is 2.17. The second kappa shape index (κ2) is 11.0. The molecule has 0 saturated heterocycles. The molecule has 0 amide bonds. The molecule has 1 rings (SSSR count). The number of benzene rings is 1. The first-order valence-electron chi connectivity index (χ1n) is 7.30. The van der Waals surface area contributed by atoms with Gasteiger partial charge in [-0.2, -0.15) is 0 Å². The third-order valence-corrected chi connectivity index (χ3v) is 3.17. The molecule has 0 fully saturated rings. The minimum absolute atomic E-state index is 0.577. The van der Waals surface area contributed by atoms with Crippen molar-refractivity contribution >= 4 is 15.9 Å². The highest BCUT2D eigenvalue weighted by Gasteiger charge is 1.96. The zero-order valence-corrected chi connectivity index (χ0v) is 14.8. The SMILES string of the molecule is C=CC(=CC=C(C)OCC)OCCCOc1cccc(Br)c1. The predicted molar refractivity (Wildman–Crippen MR) is 93.9 cm³/mol. The summed E-state index contributed by atoms with van der Waals surface area (Å²) in [5.41, 5.74) is 0. The monoisotopic (exact) mass is 366 g/mol. The van der Waals surface area contributed by atoms with E-state index in [0.717, 1.165) is 28.2 Å². The van der Waals surface area contributed by atoms with Crippen molar-refractivity contribution in [2.24, 2.45) is 0 Å². The molecule has 1 aromatic rings. The van der Waals surface area contributed by atoms with Crippen molar-refractivity contribution < 1.29 is 14.2 Å². The second-order valence-electron chi connectivity index (χ2n) is 4.49. The number of hydrogen-bond acceptors (Lipinski definition) is 3. The highest BCUT2D eigenvalue weighted by atomic mass is 79.9. The first-order chi connectivity index (χ1) is 10.7. The smallest absolute Gasteiger partial charge is 0.120 e. The maximum atomic E-state index is 5.65. The topological polar surface area (TPSA) is 27.7 Å². The average Bonchev–Trinajstić information content (AvgIpc) is 2.50. The van der Waals surface area contributed by atoms with Crippen LogP contribution in [0.1, 0.15) is 20.3 Å². The molecule has 0 bridgehead atoms. The maximum Gasteiger partial charge on any atom is 0.120 e. The van der Waals surface area contributed by atoms with Crippen LogP contribution in [0.25, 0.3) is 0 Å². The molecule has 0 radical (unpaired) electrons. The Morgan fingerprint density at radius 3 is 2.73 bits per heavy atom. The van der Waals surface area contributed by atoms with E-state index in [1.54, 1.807) is 6.08 Å². The molecule has 3 nitrogen and oxygen atoms in total. The molecule has 0 saturated carbocycles. The van der Waals surface area contributed by atoms with Crippen LogP contribution < -0.4 is 4.74 Å². The van der Waals surface area contributed by atoms with E-state index in [1.165, 1.54) is 0 Å². The Morgan fingerprint density at radius 1 is 1.23 bits per heavy atom. The van der Waals surface area contributed by atoms with E-state index in [1.807, 2.05) is 50.3 Å². The van der Waals surface area contributed by atoms with Gasteiger partial charge in [0.25, 0.3) is 0 Å². The Morgan fingerprint density at radius 2 is 2.05 bits per heavy atom. The zero-order valence-electron chi connectivity index (χ0n) is 13.2. The summed E-state index contributed by atoms with van der Waals surface area (Å²) in [6.45, 7) is 9.45. The molecule has 120 valence electrons. The van der Waals surface area contributed by atoms with Gasteiger partial charge in [0.1, 0.15) is 11.5 Å². The van der Waals surface area contributed by atoms with E-state index in [-0.39, 0.29) is 0 Å². The third kappa shape index (κ3) is 7.93. The summed E-state index contributed by atoms with van der Waals surface area (Å²) in [5, 5.41) is 0. The van der Waals surface area contributed by atoms with E-state index in [2.05, 4.69) is 22.5 Å². The summed E-state index contributed by atoms with van der Waals surface area (Å²) in [6, 6.07) is 7.79. The van der Waals surface area contributed by atoms with Gasteiger partial charge in [0.2, 0.25) is 0 Å². The zero-order chi connectivity index (χ0) is 16.2. The summed E-state index contributed by atoms with van der Waals surface area (Å²) in [5.74, 6) is 2.43. The van der Waals surface area contributed by atoms with Gasteiger partial charge in [-0.25, -0.2) is 0 Å². The summed E-state index contributed by atoms with van der Waals surface area (Å²) >= 11 is 3.41. The van der Waals surface area contributed by atoms with Crippen molar-refractivity contribution in [2.45, 2.75) is 20.3 Å². The standard InChI is InChI=1S/C18H23BrO3/c1-4-17(11-10-15(3)20-5-2)21-12-7-13-22-18-9-6-8-16(19)14-18/h4,6,8-11,14H,1,5,7,12-13H2,2-3H3. The van der Waals surface area contributed by atoms with Gasteiger partial charge in [-0.1, -0.05) is 28.6 Å². The van der Waals surface area contributed by atoms with Gasteiger partial charge in [0.05, 0.1) is 25.6 Å². The van der Waals surface area contributed by atoms with Crippen LogP contribution in [0.4, 0.5) is 0 Å². The molecule has 4 heteroatoms. The molecule has 0 unspecified atom stereocenters. The normalized spacial score (nSPS) is 12.0. The molecule has 0 spiro atoms. The summed E-state index contributed by atoms with van der Waals surface area (Å²) in [6.07, 6.45) is 6.21. The van der Waals surface area contributed by atoms with E-state index in [4.69, 9.17) is 14.2 Å². The molecule has 0 atom stereocenters. The fourth-order valence-corrected chi connectivity index (χ4v) is 2.02. The van der Waals surface area contributed by atoms with Crippen LogP contribution in [0.5, 0.6) is 5.75 Å². The largest absolute Gasteiger partial charge is 0.499 e. The van der Waals surface area contributed by atoms with Crippen LogP contribution in [-0.2, 0) is 9.47 Å². The van der Waals surface area contributed by atoms with E-state index in [0.29, 0.717) is 19.8 Å². The van der Waals surface area contributed by atoms with Gasteiger partial charge < -0.3 is 14.2 Å². The quantitative estimate of drug-likeness (QED) is 0.321. The number of hydrogen-bond donors (Lipinski definition) is 0. The molecule has 0 heterocycles. The molecular formula is C18H23BrO3. The minimum atomic E-state index is 0.577. The molecule has 0 N–H and O–H groups in total. The lowest BCUT2D eigenvalue weighted by atomic mass is 10.3. The summed E-state index contributed by atoms with van der Waals surface area (Å²) < 4.78 is 17.6. The third-order valence-electron chi connectivity index (χ3n) is 2.68. The predicted octanol–water partition coefficient (Wildman–Crippen LogP) is 5.24. The van der Waals surface area contributed by atoms with E-state index < -0.39 is 0 Å². The molecular weight excluding hydrogens is 344 g/mol. The fourth-order valence-electron chi connectivity index (χ4n) is 1.65. The average molecular weight is 367 g/mol. The van der Waals surface area contributed by atoms with Crippen molar-refractivity contribution in [1.29, 1.82) is 0 Å². The molecule has 0 aliphatic heterocycles. The Kier molecular flexibility index (Phi) is 9.15. The Hall–Kier alpha value is -1.68. The molecule has 0 aromatic heterocycles. The van der Waals surface area contributed by atoms with Gasteiger partial charge >= 0.3 is 0 Å². The summed E-state index contributed by atoms with van der Waals surface area (Å²) in [7, 11) is 0. The van der Waals surface area contributed by atoms with Crippen molar-refractivity contribution in [3.05, 3.63) is 65.1 Å². The van der Waals surface area contributed by atoms with E-state index in [9.17, 15) is 0 Å². The number of rotatable bonds is 10. The first kappa shape index (κ1) is 18.4. The van der Waals surface area contributed by atoms with Crippen molar-refractivity contribution in [3.63, 3.8) is 0 Å². The summed E-state index contributed by atoms with van der Waals surface area (Å²) in [4.78, 5) is 0. The number of allylic oxidation sites excluding steroid dienone is 4. The lowest BCUT2D eigenvalue weighted by Crippen LogP contribution is -2.02. The molecule has 22 heavy (non-hydrogen) atoms. The van der Waals surface area contributed by atoms with Gasteiger partial charge in [-0.05, 0) is 50.3 Å². The Bertz CT molecular complexity index is 521. The van der Waals surface area contributed by atoms with Gasteiger partial charge in [0, 0.05) is 10.9 Å². The second-order valence-corrected chi connectivity index (χ2v) is 5.41. The van der Waals surface area contributed by atoms with Crippen molar-refractivity contribution in [1.82, 2.24) is 0 Å². The van der Waals surface area contributed by atoms with Gasteiger partial charge in [-0.15, -0.1) is 0 Å². The Balaban J connectivity index is 2.28. The van der Waals surface area contributed by atoms with Crippen LogP contribution in [0, 0.1) is 0 Å². The van der Waals surface area contributed by atoms with Crippen LogP contribution in [0.15, 0.2) is 65.1 Å². The van der Waals surface area contributed by atoms with Crippen molar-refractivity contribution in [3.8, 4) is 5.75 Å². The van der Waals surface area contributed by atoms with Crippen molar-refractivity contribution in [2.75, 3.05) is 19.8 Å². The Labute approximate surface area is 141 Å². The fraction of sp³-hybridized carbons (Fsp3) is 0.333. The highest BCUT2D eigenvalue weighted by molar-refractivity contribution is 9.10.